The maximum Gasteiger partial charge on any atom is 0.326 e. The highest BCUT2D eigenvalue weighted by Gasteiger charge is 2.23. The summed E-state index contributed by atoms with van der Waals surface area (Å²) >= 11 is -0.0996. The molecule has 0 radical (unpaired) electrons. The SMILES string of the molecule is CSCCC(NC(=O)c1ccc(NS(=O)NCC2CCC(=O)N2)cc1-c1ccccc1)C(=O)O. The molecule has 0 spiro atoms. The van der Waals surface area contributed by atoms with Gasteiger partial charge < -0.3 is 15.7 Å². The van der Waals surface area contributed by atoms with Gasteiger partial charge in [-0.15, -0.1) is 0 Å². The zero-order valence-corrected chi connectivity index (χ0v) is 20.3. The minimum absolute atomic E-state index is 0.00880. The standard InChI is InChI=1S/C23H28N4O5S2/c1-33-12-11-20(23(30)31)26-22(29)18-9-7-16(13-19(18)15-5-3-2-4-6-15)27-34(32)24-14-17-8-10-21(28)25-17/h2-7,9,13,17,20,24,27H,8,10-12,14H2,1H3,(H,25,28)(H,26,29)(H,30,31). The summed E-state index contributed by atoms with van der Waals surface area (Å²) in [7, 11) is 0. The first-order valence-electron chi connectivity index (χ1n) is 10.8. The van der Waals surface area contributed by atoms with Gasteiger partial charge in [0, 0.05) is 30.3 Å². The molecule has 5 N–H and O–H groups in total. The summed E-state index contributed by atoms with van der Waals surface area (Å²) in [6.07, 6.45) is 3.35. The van der Waals surface area contributed by atoms with Crippen LogP contribution in [-0.2, 0) is 20.8 Å². The first-order chi connectivity index (χ1) is 16.4. The zero-order chi connectivity index (χ0) is 24.5. The summed E-state index contributed by atoms with van der Waals surface area (Å²) < 4.78 is 18.2. The molecule has 1 aliphatic rings. The van der Waals surface area contributed by atoms with E-state index < -0.39 is 29.1 Å². The molecule has 0 bridgehead atoms. The molecule has 2 aromatic rings. The van der Waals surface area contributed by atoms with E-state index in [1.807, 2.05) is 36.6 Å². The number of carboxylic acid groups (broad SMARTS) is 1. The summed E-state index contributed by atoms with van der Waals surface area (Å²) in [5.74, 6) is -0.975. The molecule has 3 atom stereocenters. The zero-order valence-electron chi connectivity index (χ0n) is 18.7. The Bertz CT molecular complexity index is 1050. The molecule has 2 aromatic carbocycles. The number of anilines is 1. The number of rotatable bonds is 12. The van der Waals surface area contributed by atoms with E-state index in [1.54, 1.807) is 18.2 Å². The monoisotopic (exact) mass is 504 g/mol. The number of hydrogen-bond donors (Lipinski definition) is 5. The number of carbonyl (C=O) groups excluding carboxylic acids is 2. The molecule has 9 nitrogen and oxygen atoms in total. The number of carboxylic acids is 1. The van der Waals surface area contributed by atoms with Crippen molar-refractivity contribution in [3.8, 4) is 11.1 Å². The van der Waals surface area contributed by atoms with Gasteiger partial charge in [0.1, 0.15) is 6.04 Å². The summed E-state index contributed by atoms with van der Waals surface area (Å²) in [4.78, 5) is 35.9. The van der Waals surface area contributed by atoms with Crippen LogP contribution in [0.4, 0.5) is 5.69 Å². The van der Waals surface area contributed by atoms with Crippen LogP contribution in [-0.4, -0.2) is 57.7 Å². The predicted octanol–water partition coefficient (Wildman–Crippen LogP) is 2.15. The number of benzene rings is 2. The summed E-state index contributed by atoms with van der Waals surface area (Å²) in [5, 5.41) is 14.9. The van der Waals surface area contributed by atoms with Crippen LogP contribution >= 0.6 is 11.8 Å². The lowest BCUT2D eigenvalue weighted by atomic mass is 9.98. The van der Waals surface area contributed by atoms with Crippen LogP contribution in [0, 0.1) is 0 Å². The lowest BCUT2D eigenvalue weighted by Crippen LogP contribution is -2.41. The van der Waals surface area contributed by atoms with Crippen molar-refractivity contribution < 1.29 is 23.7 Å². The molecular weight excluding hydrogens is 476 g/mol. The van der Waals surface area contributed by atoms with E-state index >= 15 is 0 Å². The van der Waals surface area contributed by atoms with Crippen molar-refractivity contribution >= 4 is 46.4 Å². The van der Waals surface area contributed by atoms with Crippen LogP contribution < -0.4 is 20.1 Å². The van der Waals surface area contributed by atoms with Gasteiger partial charge in [0.2, 0.25) is 5.91 Å². The Morgan fingerprint density at radius 2 is 2.00 bits per heavy atom. The summed E-state index contributed by atoms with van der Waals surface area (Å²) in [6, 6.07) is 13.1. The van der Waals surface area contributed by atoms with E-state index in [2.05, 4.69) is 20.1 Å². The van der Waals surface area contributed by atoms with Crippen LogP contribution in [0.3, 0.4) is 0 Å². The van der Waals surface area contributed by atoms with Crippen LogP contribution in [0.2, 0.25) is 0 Å². The molecule has 0 aromatic heterocycles. The highest BCUT2D eigenvalue weighted by Crippen LogP contribution is 2.27. The van der Waals surface area contributed by atoms with Crippen molar-refractivity contribution in [1.82, 2.24) is 15.4 Å². The topological polar surface area (TPSA) is 137 Å². The fourth-order valence-corrected chi connectivity index (χ4v) is 4.78. The number of carbonyl (C=O) groups is 3. The third-order valence-corrected chi connectivity index (χ3v) is 6.81. The van der Waals surface area contributed by atoms with Gasteiger partial charge in [-0.3, -0.25) is 14.3 Å². The average Bonchev–Trinajstić information content (AvgIpc) is 3.25. The van der Waals surface area contributed by atoms with Gasteiger partial charge in [0.05, 0.1) is 0 Å². The van der Waals surface area contributed by atoms with Crippen molar-refractivity contribution in [2.45, 2.75) is 31.3 Å². The number of nitrogens with one attached hydrogen (secondary N) is 4. The van der Waals surface area contributed by atoms with E-state index in [9.17, 15) is 23.7 Å². The van der Waals surface area contributed by atoms with E-state index in [0.717, 1.165) is 5.56 Å². The fourth-order valence-electron chi connectivity index (χ4n) is 3.54. The second-order valence-corrected chi connectivity index (χ2v) is 9.81. The van der Waals surface area contributed by atoms with E-state index in [-0.39, 0.29) is 11.9 Å². The molecule has 182 valence electrons. The van der Waals surface area contributed by atoms with Crippen molar-refractivity contribution in [2.75, 3.05) is 23.3 Å². The van der Waals surface area contributed by atoms with Crippen LogP contribution in [0.1, 0.15) is 29.6 Å². The molecule has 0 saturated carbocycles. The van der Waals surface area contributed by atoms with Gasteiger partial charge in [-0.05, 0) is 54.2 Å². The smallest absolute Gasteiger partial charge is 0.326 e. The molecule has 3 unspecified atom stereocenters. The Morgan fingerprint density at radius 1 is 1.24 bits per heavy atom. The first-order valence-corrected chi connectivity index (χ1v) is 13.3. The molecule has 3 rings (SSSR count). The number of amides is 2. The Morgan fingerprint density at radius 3 is 2.65 bits per heavy atom. The van der Waals surface area contributed by atoms with Crippen LogP contribution in [0.15, 0.2) is 48.5 Å². The van der Waals surface area contributed by atoms with E-state index in [4.69, 9.17) is 0 Å². The maximum atomic E-state index is 13.0. The lowest BCUT2D eigenvalue weighted by molar-refractivity contribution is -0.139. The van der Waals surface area contributed by atoms with Gasteiger partial charge in [-0.2, -0.15) is 11.8 Å². The predicted molar refractivity (Wildman–Crippen MR) is 135 cm³/mol. The van der Waals surface area contributed by atoms with Crippen molar-refractivity contribution in [1.29, 1.82) is 0 Å². The molecule has 1 fully saturated rings. The van der Waals surface area contributed by atoms with Crippen molar-refractivity contribution in [3.05, 3.63) is 54.1 Å². The number of thioether (sulfide) groups is 1. The summed E-state index contributed by atoms with van der Waals surface area (Å²) in [6.45, 7) is 0.365. The quantitative estimate of drug-likeness (QED) is 0.300. The lowest BCUT2D eigenvalue weighted by Gasteiger charge is -2.17. The molecule has 1 aliphatic heterocycles. The summed E-state index contributed by atoms with van der Waals surface area (Å²) in [5.41, 5.74) is 2.19. The molecule has 1 heterocycles. The Labute approximate surface area is 205 Å². The van der Waals surface area contributed by atoms with Crippen LogP contribution in [0.5, 0.6) is 0 Å². The van der Waals surface area contributed by atoms with Crippen molar-refractivity contribution in [3.63, 3.8) is 0 Å². The Hall–Kier alpha value is -2.89. The second kappa shape index (κ2) is 12.5. The van der Waals surface area contributed by atoms with Crippen LogP contribution in [0.25, 0.3) is 11.1 Å². The Kier molecular flexibility index (Phi) is 9.49. The fraction of sp³-hybridized carbons (Fsp3) is 0.348. The van der Waals surface area contributed by atoms with Gasteiger partial charge in [0.25, 0.3) is 5.91 Å². The van der Waals surface area contributed by atoms with Gasteiger partial charge in [-0.1, -0.05) is 30.3 Å². The minimum atomic E-state index is -1.61. The van der Waals surface area contributed by atoms with E-state index in [0.29, 0.717) is 48.4 Å². The highest BCUT2D eigenvalue weighted by molar-refractivity contribution is 7.98. The Balaban J connectivity index is 1.76. The number of aliphatic carboxylic acids is 1. The highest BCUT2D eigenvalue weighted by atomic mass is 32.2. The molecule has 1 saturated heterocycles. The van der Waals surface area contributed by atoms with Gasteiger partial charge >= 0.3 is 5.97 Å². The number of hydrogen-bond acceptors (Lipinski definition) is 5. The van der Waals surface area contributed by atoms with E-state index in [1.165, 1.54) is 11.8 Å². The average molecular weight is 505 g/mol. The first kappa shape index (κ1) is 25.7. The normalized spacial score (nSPS) is 17.0. The van der Waals surface area contributed by atoms with Crippen molar-refractivity contribution in [2.24, 2.45) is 0 Å². The molecule has 0 aliphatic carbocycles. The maximum absolute atomic E-state index is 13.0. The largest absolute Gasteiger partial charge is 0.480 e. The minimum Gasteiger partial charge on any atom is -0.480 e. The second-order valence-electron chi connectivity index (χ2n) is 7.79. The van der Waals surface area contributed by atoms with Gasteiger partial charge in [-0.25, -0.2) is 13.7 Å². The molecule has 2 amide bonds. The third kappa shape index (κ3) is 7.31. The van der Waals surface area contributed by atoms with Gasteiger partial charge in [0.15, 0.2) is 11.2 Å². The molecule has 11 heteroatoms. The third-order valence-electron chi connectivity index (χ3n) is 5.32. The molecule has 34 heavy (non-hydrogen) atoms. The molecular formula is C23H28N4O5S2.